The third-order valence-electron chi connectivity index (χ3n) is 3.01. The summed E-state index contributed by atoms with van der Waals surface area (Å²) in [6.45, 7) is 3.35. The molecule has 1 aromatic carbocycles. The molecule has 1 aliphatic rings. The lowest BCUT2D eigenvalue weighted by molar-refractivity contribution is 0.468. The lowest BCUT2D eigenvalue weighted by Gasteiger charge is -2.15. The Morgan fingerprint density at radius 2 is 2.00 bits per heavy atom. The smallest absolute Gasteiger partial charge is 0.0208 e. The zero-order valence-corrected chi connectivity index (χ0v) is 9.21. The van der Waals surface area contributed by atoms with Crippen LogP contribution < -0.4 is 10.6 Å². The van der Waals surface area contributed by atoms with E-state index in [9.17, 15) is 0 Å². The number of nitrogens with one attached hydrogen (secondary N) is 2. The Balaban J connectivity index is 1.77. The SMILES string of the molecule is c1ccc(CN[C@@H]2CCCNCC2)cc1. The van der Waals surface area contributed by atoms with Gasteiger partial charge in [-0.1, -0.05) is 30.3 Å². The fraction of sp³-hybridized carbons (Fsp3) is 0.538. The summed E-state index contributed by atoms with van der Waals surface area (Å²) in [5.41, 5.74) is 1.38. The minimum Gasteiger partial charge on any atom is -0.317 e. The molecule has 2 heteroatoms. The number of hydrogen-bond donors (Lipinski definition) is 2. The molecule has 0 saturated carbocycles. The Labute approximate surface area is 92.1 Å². The molecule has 0 spiro atoms. The highest BCUT2D eigenvalue weighted by Gasteiger charge is 2.10. The molecule has 2 rings (SSSR count). The quantitative estimate of drug-likeness (QED) is 0.786. The molecule has 0 aliphatic carbocycles. The van der Waals surface area contributed by atoms with Crippen molar-refractivity contribution in [3.05, 3.63) is 35.9 Å². The lowest BCUT2D eigenvalue weighted by Crippen LogP contribution is -2.29. The third kappa shape index (κ3) is 3.65. The van der Waals surface area contributed by atoms with Crippen LogP contribution in [0.4, 0.5) is 0 Å². The van der Waals surface area contributed by atoms with Crippen molar-refractivity contribution in [3.8, 4) is 0 Å². The van der Waals surface area contributed by atoms with E-state index < -0.39 is 0 Å². The molecule has 0 radical (unpaired) electrons. The highest BCUT2D eigenvalue weighted by Crippen LogP contribution is 2.06. The van der Waals surface area contributed by atoms with Crippen molar-refractivity contribution in [1.82, 2.24) is 10.6 Å². The van der Waals surface area contributed by atoms with Crippen molar-refractivity contribution in [2.75, 3.05) is 13.1 Å². The van der Waals surface area contributed by atoms with Crippen LogP contribution in [0.5, 0.6) is 0 Å². The van der Waals surface area contributed by atoms with Gasteiger partial charge < -0.3 is 10.6 Å². The minimum absolute atomic E-state index is 0.695. The fourth-order valence-electron chi connectivity index (χ4n) is 2.08. The van der Waals surface area contributed by atoms with Gasteiger partial charge in [0.25, 0.3) is 0 Å². The molecule has 1 aliphatic heterocycles. The highest BCUT2D eigenvalue weighted by molar-refractivity contribution is 5.14. The zero-order valence-electron chi connectivity index (χ0n) is 9.21. The second-order valence-electron chi connectivity index (χ2n) is 4.24. The largest absolute Gasteiger partial charge is 0.317 e. The Kier molecular flexibility index (Phi) is 4.18. The predicted molar refractivity (Wildman–Crippen MR) is 63.8 cm³/mol. The molecule has 0 bridgehead atoms. The van der Waals surface area contributed by atoms with Crippen LogP contribution in [0.15, 0.2) is 30.3 Å². The van der Waals surface area contributed by atoms with Crippen molar-refractivity contribution in [3.63, 3.8) is 0 Å². The summed E-state index contributed by atoms with van der Waals surface area (Å²) < 4.78 is 0. The summed E-state index contributed by atoms with van der Waals surface area (Å²) >= 11 is 0. The Morgan fingerprint density at radius 3 is 2.87 bits per heavy atom. The maximum atomic E-state index is 3.64. The monoisotopic (exact) mass is 204 g/mol. The van der Waals surface area contributed by atoms with Crippen molar-refractivity contribution in [2.45, 2.75) is 31.8 Å². The van der Waals surface area contributed by atoms with Crippen LogP contribution in [0.1, 0.15) is 24.8 Å². The maximum absolute atomic E-state index is 3.64. The molecule has 1 aromatic rings. The molecule has 82 valence electrons. The van der Waals surface area contributed by atoms with Crippen molar-refractivity contribution in [1.29, 1.82) is 0 Å². The van der Waals surface area contributed by atoms with Gasteiger partial charge in [-0.2, -0.15) is 0 Å². The van der Waals surface area contributed by atoms with Crippen LogP contribution in [0.25, 0.3) is 0 Å². The summed E-state index contributed by atoms with van der Waals surface area (Å²) in [6, 6.07) is 11.3. The Morgan fingerprint density at radius 1 is 1.13 bits per heavy atom. The van der Waals surface area contributed by atoms with Gasteiger partial charge in [0.1, 0.15) is 0 Å². The van der Waals surface area contributed by atoms with Crippen LogP contribution in [-0.2, 0) is 6.54 Å². The Hall–Kier alpha value is -0.860. The third-order valence-corrected chi connectivity index (χ3v) is 3.01. The van der Waals surface area contributed by atoms with Gasteiger partial charge >= 0.3 is 0 Å². The average molecular weight is 204 g/mol. The van der Waals surface area contributed by atoms with E-state index in [0.717, 1.165) is 13.1 Å². The maximum Gasteiger partial charge on any atom is 0.0208 e. The van der Waals surface area contributed by atoms with E-state index in [2.05, 4.69) is 41.0 Å². The van der Waals surface area contributed by atoms with E-state index in [0.29, 0.717) is 6.04 Å². The second kappa shape index (κ2) is 5.89. The highest BCUT2D eigenvalue weighted by atomic mass is 14.9. The first-order chi connectivity index (χ1) is 7.45. The molecule has 0 amide bonds. The molecule has 1 atom stereocenters. The summed E-state index contributed by atoms with van der Waals surface area (Å²) in [5, 5.41) is 7.07. The van der Waals surface area contributed by atoms with Crippen LogP contribution in [0.3, 0.4) is 0 Å². The van der Waals surface area contributed by atoms with E-state index in [1.54, 1.807) is 0 Å². The van der Waals surface area contributed by atoms with Crippen molar-refractivity contribution >= 4 is 0 Å². The van der Waals surface area contributed by atoms with Crippen LogP contribution in [0, 0.1) is 0 Å². The number of hydrogen-bond acceptors (Lipinski definition) is 2. The molecule has 2 nitrogen and oxygen atoms in total. The van der Waals surface area contributed by atoms with Crippen LogP contribution >= 0.6 is 0 Å². The van der Waals surface area contributed by atoms with Crippen molar-refractivity contribution < 1.29 is 0 Å². The second-order valence-corrected chi connectivity index (χ2v) is 4.24. The Bertz CT molecular complexity index is 263. The first-order valence-corrected chi connectivity index (χ1v) is 5.93. The normalized spacial score (nSPS) is 22.3. The molecule has 1 saturated heterocycles. The van der Waals surface area contributed by atoms with Crippen molar-refractivity contribution in [2.24, 2.45) is 0 Å². The molecule has 2 N–H and O–H groups in total. The van der Waals surface area contributed by atoms with Crippen LogP contribution in [-0.4, -0.2) is 19.1 Å². The van der Waals surface area contributed by atoms with Gasteiger partial charge in [-0.05, 0) is 37.9 Å². The van der Waals surface area contributed by atoms with Gasteiger partial charge in [0.05, 0.1) is 0 Å². The summed E-state index contributed by atoms with van der Waals surface area (Å²) in [4.78, 5) is 0. The van der Waals surface area contributed by atoms with Gasteiger partial charge in [0, 0.05) is 12.6 Å². The molecule has 1 heterocycles. The fourth-order valence-corrected chi connectivity index (χ4v) is 2.08. The summed E-state index contributed by atoms with van der Waals surface area (Å²) in [5.74, 6) is 0. The topological polar surface area (TPSA) is 24.1 Å². The van der Waals surface area contributed by atoms with Gasteiger partial charge in [-0.15, -0.1) is 0 Å². The van der Waals surface area contributed by atoms with Gasteiger partial charge in [-0.3, -0.25) is 0 Å². The standard InChI is InChI=1S/C13H20N2/c1-2-5-12(6-3-1)11-15-13-7-4-9-14-10-8-13/h1-3,5-6,13-15H,4,7-11H2/t13-/m1/s1. The minimum atomic E-state index is 0.695. The van der Waals surface area contributed by atoms with E-state index in [1.807, 2.05) is 0 Å². The zero-order chi connectivity index (χ0) is 10.3. The first-order valence-electron chi connectivity index (χ1n) is 5.93. The molecular formula is C13H20N2. The van der Waals surface area contributed by atoms with E-state index >= 15 is 0 Å². The molecule has 15 heavy (non-hydrogen) atoms. The number of rotatable bonds is 3. The van der Waals surface area contributed by atoms with E-state index in [1.165, 1.54) is 31.4 Å². The molecular weight excluding hydrogens is 184 g/mol. The van der Waals surface area contributed by atoms with Gasteiger partial charge in [0.2, 0.25) is 0 Å². The number of benzene rings is 1. The summed E-state index contributed by atoms with van der Waals surface area (Å²) in [6.07, 6.45) is 3.86. The van der Waals surface area contributed by atoms with Gasteiger partial charge in [0.15, 0.2) is 0 Å². The van der Waals surface area contributed by atoms with Gasteiger partial charge in [-0.25, -0.2) is 0 Å². The summed E-state index contributed by atoms with van der Waals surface area (Å²) in [7, 11) is 0. The molecule has 0 aromatic heterocycles. The van der Waals surface area contributed by atoms with E-state index in [4.69, 9.17) is 0 Å². The molecule has 0 unspecified atom stereocenters. The molecule has 1 fully saturated rings. The first kappa shape index (κ1) is 10.7. The average Bonchev–Trinajstić information content (AvgIpc) is 2.56. The lowest BCUT2D eigenvalue weighted by atomic mass is 10.1. The van der Waals surface area contributed by atoms with E-state index in [-0.39, 0.29) is 0 Å². The predicted octanol–water partition coefficient (Wildman–Crippen LogP) is 1.92. The van der Waals surface area contributed by atoms with Crippen LogP contribution in [0.2, 0.25) is 0 Å².